The van der Waals surface area contributed by atoms with Crippen molar-refractivity contribution >= 4 is 11.8 Å². The summed E-state index contributed by atoms with van der Waals surface area (Å²) in [5, 5.41) is 3.07. The van der Waals surface area contributed by atoms with Crippen molar-refractivity contribution < 1.29 is 19.1 Å². The second kappa shape index (κ2) is 14.8. The summed E-state index contributed by atoms with van der Waals surface area (Å²) in [4.78, 5) is 29.0. The molecule has 1 atom stereocenters. The molecule has 1 unspecified atom stereocenters. The largest absolute Gasteiger partial charge is 0.497 e. The number of methoxy groups -OCH3 is 1. The van der Waals surface area contributed by atoms with Crippen LogP contribution in [0.5, 0.6) is 11.5 Å². The van der Waals surface area contributed by atoms with Crippen LogP contribution < -0.4 is 14.8 Å². The molecule has 0 bridgehead atoms. The van der Waals surface area contributed by atoms with E-state index in [1.807, 2.05) is 85.8 Å². The predicted octanol–water partition coefficient (Wildman–Crippen LogP) is 5.57. The molecule has 0 aliphatic rings. The first-order chi connectivity index (χ1) is 18.4. The quantitative estimate of drug-likeness (QED) is 0.284. The summed E-state index contributed by atoms with van der Waals surface area (Å²) in [6, 6.07) is 24.6. The second-order valence-electron chi connectivity index (χ2n) is 9.92. The normalized spacial score (nSPS) is 11.6. The Labute approximate surface area is 227 Å². The van der Waals surface area contributed by atoms with E-state index in [1.54, 1.807) is 12.0 Å². The third-order valence-corrected chi connectivity index (χ3v) is 6.42. The minimum atomic E-state index is -0.620. The van der Waals surface area contributed by atoms with Crippen LogP contribution in [0.15, 0.2) is 78.9 Å². The molecule has 3 aromatic carbocycles. The van der Waals surface area contributed by atoms with Crippen LogP contribution in [-0.4, -0.2) is 43.0 Å². The summed E-state index contributed by atoms with van der Waals surface area (Å²) in [6.07, 6.45) is 1.27. The Morgan fingerprint density at radius 2 is 1.55 bits per heavy atom. The summed E-state index contributed by atoms with van der Waals surface area (Å²) < 4.78 is 11.0. The Morgan fingerprint density at radius 1 is 0.895 bits per heavy atom. The highest BCUT2D eigenvalue weighted by atomic mass is 16.5. The molecule has 0 radical (unpaired) electrons. The molecule has 1 N–H and O–H groups in total. The van der Waals surface area contributed by atoms with Gasteiger partial charge in [-0.05, 0) is 60.2 Å². The van der Waals surface area contributed by atoms with Crippen molar-refractivity contribution in [2.24, 2.45) is 5.92 Å². The molecule has 6 nitrogen and oxygen atoms in total. The zero-order valence-electron chi connectivity index (χ0n) is 23.0. The van der Waals surface area contributed by atoms with Gasteiger partial charge >= 0.3 is 0 Å². The predicted molar refractivity (Wildman–Crippen MR) is 151 cm³/mol. The van der Waals surface area contributed by atoms with Crippen molar-refractivity contribution in [1.29, 1.82) is 0 Å². The topological polar surface area (TPSA) is 67.9 Å². The summed E-state index contributed by atoms with van der Waals surface area (Å²) in [7, 11) is 1.62. The van der Waals surface area contributed by atoms with Gasteiger partial charge in [-0.3, -0.25) is 9.59 Å². The van der Waals surface area contributed by atoms with Gasteiger partial charge in [-0.1, -0.05) is 68.4 Å². The van der Waals surface area contributed by atoms with Crippen LogP contribution in [-0.2, 0) is 22.6 Å². The van der Waals surface area contributed by atoms with Crippen LogP contribution in [0.3, 0.4) is 0 Å². The van der Waals surface area contributed by atoms with Crippen molar-refractivity contribution in [2.75, 3.05) is 20.3 Å². The van der Waals surface area contributed by atoms with E-state index in [0.717, 1.165) is 28.2 Å². The molecule has 202 valence electrons. The van der Waals surface area contributed by atoms with Gasteiger partial charge in [0.2, 0.25) is 11.8 Å². The number of nitrogens with one attached hydrogen (secondary N) is 1. The Morgan fingerprint density at radius 3 is 2.21 bits per heavy atom. The van der Waals surface area contributed by atoms with E-state index in [2.05, 4.69) is 19.2 Å². The summed E-state index contributed by atoms with van der Waals surface area (Å²) in [6.45, 7) is 7.49. The second-order valence-corrected chi connectivity index (χ2v) is 9.92. The maximum absolute atomic E-state index is 13.7. The summed E-state index contributed by atoms with van der Waals surface area (Å²) in [5.74, 6) is 1.61. The lowest BCUT2D eigenvalue weighted by molar-refractivity contribution is -0.141. The zero-order valence-corrected chi connectivity index (χ0v) is 23.0. The van der Waals surface area contributed by atoms with Gasteiger partial charge in [0.25, 0.3) is 0 Å². The molecule has 0 saturated carbocycles. The van der Waals surface area contributed by atoms with Crippen LogP contribution in [0.1, 0.15) is 43.4 Å². The Bertz CT molecular complexity index is 1150. The number of hydrogen-bond acceptors (Lipinski definition) is 4. The molecular weight excluding hydrogens is 476 g/mol. The van der Waals surface area contributed by atoms with Gasteiger partial charge in [-0.2, -0.15) is 0 Å². The molecule has 0 saturated heterocycles. The SMILES string of the molecule is COc1ccc(OCCCC(=O)N(Cc2ccccc2C)C(Cc2ccccc2)C(=O)NCC(C)C)cc1. The lowest BCUT2D eigenvalue weighted by Gasteiger charge is -2.32. The van der Waals surface area contributed by atoms with Crippen molar-refractivity contribution in [3.63, 3.8) is 0 Å². The minimum absolute atomic E-state index is 0.0628. The number of hydrogen-bond donors (Lipinski definition) is 1. The first kappa shape index (κ1) is 28.8. The fraction of sp³-hybridized carbons (Fsp3) is 0.375. The molecule has 3 aromatic rings. The van der Waals surface area contributed by atoms with Crippen LogP contribution in [0.25, 0.3) is 0 Å². The highest BCUT2D eigenvalue weighted by Gasteiger charge is 2.30. The fourth-order valence-corrected chi connectivity index (χ4v) is 4.18. The summed E-state index contributed by atoms with van der Waals surface area (Å²) >= 11 is 0. The van der Waals surface area contributed by atoms with Gasteiger partial charge in [0.05, 0.1) is 13.7 Å². The van der Waals surface area contributed by atoms with E-state index in [1.165, 1.54) is 0 Å². The van der Waals surface area contributed by atoms with Crippen molar-refractivity contribution in [2.45, 2.75) is 52.6 Å². The Kier molecular flexibility index (Phi) is 11.2. The lowest BCUT2D eigenvalue weighted by Crippen LogP contribution is -2.51. The van der Waals surface area contributed by atoms with E-state index < -0.39 is 6.04 Å². The highest BCUT2D eigenvalue weighted by molar-refractivity contribution is 5.88. The van der Waals surface area contributed by atoms with Crippen LogP contribution in [0, 0.1) is 12.8 Å². The first-order valence-corrected chi connectivity index (χ1v) is 13.3. The van der Waals surface area contributed by atoms with Crippen LogP contribution in [0.4, 0.5) is 0 Å². The minimum Gasteiger partial charge on any atom is -0.497 e. The van der Waals surface area contributed by atoms with E-state index in [-0.39, 0.29) is 18.2 Å². The van der Waals surface area contributed by atoms with Crippen LogP contribution in [0.2, 0.25) is 0 Å². The third kappa shape index (κ3) is 8.94. The number of carbonyl (C=O) groups excluding carboxylic acids is 2. The van der Waals surface area contributed by atoms with Crippen molar-refractivity contribution in [3.8, 4) is 11.5 Å². The molecule has 0 heterocycles. The number of amides is 2. The van der Waals surface area contributed by atoms with Gasteiger partial charge in [0.15, 0.2) is 0 Å². The molecule has 2 amide bonds. The highest BCUT2D eigenvalue weighted by Crippen LogP contribution is 2.20. The van der Waals surface area contributed by atoms with Crippen molar-refractivity contribution in [3.05, 3.63) is 95.6 Å². The van der Waals surface area contributed by atoms with Crippen molar-refractivity contribution in [1.82, 2.24) is 10.2 Å². The lowest BCUT2D eigenvalue weighted by atomic mass is 10.0. The number of carbonyl (C=O) groups is 2. The van der Waals surface area contributed by atoms with Gasteiger partial charge in [0, 0.05) is 25.9 Å². The third-order valence-electron chi connectivity index (χ3n) is 6.42. The first-order valence-electron chi connectivity index (χ1n) is 13.3. The number of aryl methyl sites for hydroxylation is 1. The van der Waals surface area contributed by atoms with E-state index in [0.29, 0.717) is 38.5 Å². The maximum Gasteiger partial charge on any atom is 0.243 e. The van der Waals surface area contributed by atoms with E-state index in [4.69, 9.17) is 9.47 Å². The molecule has 6 heteroatoms. The Hall–Kier alpha value is -3.80. The molecule has 38 heavy (non-hydrogen) atoms. The van der Waals surface area contributed by atoms with Gasteiger partial charge < -0.3 is 19.7 Å². The number of nitrogens with zero attached hydrogens (tertiary/aromatic N) is 1. The molecule has 3 rings (SSSR count). The monoisotopic (exact) mass is 516 g/mol. The van der Waals surface area contributed by atoms with Crippen LogP contribution >= 0.6 is 0 Å². The summed E-state index contributed by atoms with van der Waals surface area (Å²) in [5.41, 5.74) is 3.14. The molecule has 0 aliphatic heterocycles. The maximum atomic E-state index is 13.7. The molecule has 0 fully saturated rings. The number of benzene rings is 3. The molecule has 0 aliphatic carbocycles. The van der Waals surface area contributed by atoms with Gasteiger partial charge in [-0.15, -0.1) is 0 Å². The molecule has 0 aromatic heterocycles. The van der Waals surface area contributed by atoms with Gasteiger partial charge in [-0.25, -0.2) is 0 Å². The standard InChI is InChI=1S/C32H40N2O4/c1-24(2)22-33-32(36)30(21-26-12-6-5-7-13-26)34(23-27-14-9-8-11-25(27)3)31(35)15-10-20-38-29-18-16-28(37-4)17-19-29/h5-9,11-14,16-19,24,30H,10,15,20-23H2,1-4H3,(H,33,36). The van der Waals surface area contributed by atoms with Gasteiger partial charge in [0.1, 0.15) is 17.5 Å². The van der Waals surface area contributed by atoms with E-state index >= 15 is 0 Å². The number of ether oxygens (including phenoxy) is 2. The number of rotatable bonds is 14. The fourth-order valence-electron chi connectivity index (χ4n) is 4.18. The molecule has 0 spiro atoms. The molecular formula is C32H40N2O4. The zero-order chi connectivity index (χ0) is 27.3. The van der Waals surface area contributed by atoms with E-state index in [9.17, 15) is 9.59 Å². The Balaban J connectivity index is 1.77. The average molecular weight is 517 g/mol. The average Bonchev–Trinajstić information content (AvgIpc) is 2.93. The smallest absolute Gasteiger partial charge is 0.243 e.